The Morgan fingerprint density at radius 2 is 0.912 bits per heavy atom. The van der Waals surface area contributed by atoms with Gasteiger partial charge in [0.1, 0.15) is 68.2 Å². The van der Waals surface area contributed by atoms with Crippen molar-refractivity contribution < 1.29 is 105 Å². The fourth-order valence-electron chi connectivity index (χ4n) is 9.92. The number of aromatic nitrogens is 5. The van der Waals surface area contributed by atoms with Gasteiger partial charge >= 0.3 is 35.9 Å². The van der Waals surface area contributed by atoms with Gasteiger partial charge in [-0.2, -0.15) is 9.97 Å². The maximum absolute atomic E-state index is 12.8. The number of rotatable bonds is 32. The minimum absolute atomic E-state index is 0.0327. The van der Waals surface area contributed by atoms with E-state index in [2.05, 4.69) is 78.7 Å². The highest BCUT2D eigenvalue weighted by Gasteiger charge is 2.49. The molecule has 0 spiro atoms. The highest BCUT2D eigenvalue weighted by atomic mass is 79.9. The van der Waals surface area contributed by atoms with Crippen molar-refractivity contribution in [1.29, 1.82) is 0 Å². The second kappa shape index (κ2) is 34.6. The lowest BCUT2D eigenvalue weighted by molar-refractivity contribution is -0.260. The van der Waals surface area contributed by atoms with Crippen LogP contribution in [0, 0.1) is 17.8 Å². The number of hydrogen-bond donors (Lipinski definition) is 0. The molecule has 0 saturated carbocycles. The van der Waals surface area contributed by atoms with Gasteiger partial charge in [0.2, 0.25) is 29.7 Å². The lowest BCUT2D eigenvalue weighted by Crippen LogP contribution is -2.57. The lowest BCUT2D eigenvalue weighted by Gasteiger charge is -2.43. The van der Waals surface area contributed by atoms with Gasteiger partial charge < -0.3 is 75.8 Å². The van der Waals surface area contributed by atoms with Crippen molar-refractivity contribution in [1.82, 2.24) is 24.1 Å². The van der Waals surface area contributed by atoms with Crippen LogP contribution in [0.25, 0.3) is 21.8 Å². The van der Waals surface area contributed by atoms with E-state index >= 15 is 0 Å². The summed E-state index contributed by atoms with van der Waals surface area (Å²) in [6.45, 7) is 17.5. The van der Waals surface area contributed by atoms with E-state index in [1.165, 1.54) is 56.9 Å². The van der Waals surface area contributed by atoms with Crippen LogP contribution in [-0.2, 0) is 66.5 Å². The van der Waals surface area contributed by atoms with Gasteiger partial charge in [0.25, 0.3) is 0 Å². The third-order valence-corrected chi connectivity index (χ3v) is 17.2. The molecule has 2 aliphatic rings. The van der Waals surface area contributed by atoms with E-state index in [1.54, 1.807) is 25.3 Å². The van der Waals surface area contributed by atoms with Crippen LogP contribution in [0.1, 0.15) is 85.2 Å². The molecule has 32 heteroatoms. The second-order valence-corrected chi connectivity index (χ2v) is 24.5. The quantitative estimate of drug-likeness (QED) is 0.0220. The number of benzene rings is 2. The van der Waals surface area contributed by atoms with Gasteiger partial charge in [0.05, 0.1) is 117 Å². The maximum atomic E-state index is 12.8. The van der Waals surface area contributed by atoms with Crippen LogP contribution in [0.5, 0.6) is 35.0 Å². The Balaban J connectivity index is 0.794. The van der Waals surface area contributed by atoms with E-state index in [9.17, 15) is 28.8 Å². The summed E-state index contributed by atoms with van der Waals surface area (Å²) in [6, 6.07) is 3.32. The number of carbonyl (C=O) groups is 6. The summed E-state index contributed by atoms with van der Waals surface area (Å²) < 4.78 is 98.9. The van der Waals surface area contributed by atoms with E-state index in [0.717, 1.165) is 0 Å². The van der Waals surface area contributed by atoms with Crippen LogP contribution in [0.2, 0.25) is 5.28 Å². The van der Waals surface area contributed by atoms with Crippen molar-refractivity contribution in [3.8, 4) is 35.0 Å². The molecule has 2 aromatic carbocycles. The van der Waals surface area contributed by atoms with Crippen molar-refractivity contribution in [3.05, 3.63) is 47.7 Å². The summed E-state index contributed by atoms with van der Waals surface area (Å²) in [7, 11) is 0. The normalized spacial score (nSPS) is 21.4. The molecular formula is C59H72Br4ClN5O22. The third-order valence-electron chi connectivity index (χ3n) is 14.4. The highest BCUT2D eigenvalue weighted by molar-refractivity contribution is 9.11. The van der Waals surface area contributed by atoms with Crippen molar-refractivity contribution in [2.24, 2.45) is 17.8 Å². The van der Waals surface area contributed by atoms with E-state index in [1.807, 2.05) is 20.8 Å². The van der Waals surface area contributed by atoms with Crippen LogP contribution in [0.3, 0.4) is 0 Å². The number of carbonyl (C=O) groups excluding carboxylic acids is 6. The van der Waals surface area contributed by atoms with Gasteiger partial charge in [-0.25, -0.2) is 0 Å². The minimum Gasteiger partial charge on any atom is -0.489 e. The average molecular weight is 1560 g/mol. The first-order valence-corrected chi connectivity index (χ1v) is 32.5. The number of hydrogen-bond acceptors (Lipinski definition) is 25. The SMILES string of the molecule is CC[C@H]1O[C@@H](Oc2cn(C(C)=O)c3cc(Br)c(OCCOCCOCCOc4nc(Cl)nc(OCCOCCOCCOc5c(Br)cc6c(c(O[C@@H]7O[C@H](COC(C)=O)[C@@H](C)[C@H](C)[C@H]7OC(C)=O)cn6C(C)=O)c5Br)n4)c(Br)c23)[C@H](C)[C@@H](OC(C)=O)[C@@H]1OC(C)=O. The van der Waals surface area contributed by atoms with Gasteiger partial charge in [0, 0.05) is 47.5 Å². The zero-order valence-electron chi connectivity index (χ0n) is 51.6. The largest absolute Gasteiger partial charge is 0.489 e. The lowest BCUT2D eigenvalue weighted by atomic mass is 9.83. The summed E-state index contributed by atoms with van der Waals surface area (Å²) in [5.74, 6) is -2.33. The Hall–Kier alpha value is -5.48. The first-order chi connectivity index (χ1) is 43.4. The van der Waals surface area contributed by atoms with Crippen molar-refractivity contribution in [2.45, 2.75) is 119 Å². The summed E-state index contributed by atoms with van der Waals surface area (Å²) in [4.78, 5) is 85.9. The Morgan fingerprint density at radius 3 is 1.34 bits per heavy atom. The fourth-order valence-corrected chi connectivity index (χ4v) is 13.1. The smallest absolute Gasteiger partial charge is 0.324 e. The molecule has 7 rings (SSSR count). The summed E-state index contributed by atoms with van der Waals surface area (Å²) in [5, 5.41) is 0.868. The first kappa shape index (κ1) is 72.9. The number of ether oxygens (including phenoxy) is 16. The van der Waals surface area contributed by atoms with Crippen LogP contribution in [-0.4, -0.2) is 189 Å². The first-order valence-electron chi connectivity index (χ1n) is 29.0. The Bertz CT molecular complexity index is 3370. The van der Waals surface area contributed by atoms with Gasteiger partial charge in [-0.1, -0.05) is 27.7 Å². The molecule has 0 aliphatic carbocycles. The number of fused-ring (bicyclic) bond motifs is 2. The highest BCUT2D eigenvalue weighted by Crippen LogP contribution is 2.48. The summed E-state index contributed by atoms with van der Waals surface area (Å²) in [5.41, 5.74) is 1.01. The van der Waals surface area contributed by atoms with Gasteiger partial charge in [-0.15, -0.1) is 4.98 Å². The molecule has 10 atom stereocenters. The molecule has 0 amide bonds. The van der Waals surface area contributed by atoms with Crippen LogP contribution < -0.4 is 28.4 Å². The maximum Gasteiger partial charge on any atom is 0.324 e. The molecule has 0 unspecified atom stereocenters. The van der Waals surface area contributed by atoms with Crippen molar-refractivity contribution >= 4 is 133 Å². The molecule has 5 aromatic rings. The van der Waals surface area contributed by atoms with Crippen LogP contribution in [0.4, 0.5) is 0 Å². The third kappa shape index (κ3) is 19.6. The van der Waals surface area contributed by atoms with Gasteiger partial charge in [0.15, 0.2) is 12.2 Å². The topological polar surface area (TPSA) is 299 Å². The molecule has 0 bridgehead atoms. The van der Waals surface area contributed by atoms with Gasteiger partial charge in [-0.05, 0) is 99.8 Å². The molecular weight excluding hydrogens is 1490 g/mol. The molecule has 5 heterocycles. The predicted octanol–water partition coefficient (Wildman–Crippen LogP) is 9.67. The number of halogens is 5. The number of nitrogens with zero attached hydrogens (tertiary/aromatic N) is 5. The fraction of sp³-hybridized carbons (Fsp3) is 0.576. The summed E-state index contributed by atoms with van der Waals surface area (Å²) in [6.07, 6.45) is -2.37. The molecule has 2 aliphatic heterocycles. The van der Waals surface area contributed by atoms with Crippen molar-refractivity contribution in [3.63, 3.8) is 0 Å². The molecule has 2 fully saturated rings. The standard InChI is InChI=1S/C59H72Br4ClN5O22/c1-11-42-54(87-37(10)75)50(85-35(8)73)31(4)55(88-42)89-43-26-68(32(5)70)40-24-38(60)52(48(62)46(40)43)80-20-16-76-12-14-78-18-22-82-58-65-57(64)66-59(67-58)83-23-19-79-15-13-77-17-21-81-53-39(61)25-41-47(49(53)63)44(27-69(41)33(6)71)90-56-51(86-36(9)74)30(3)29(2)45(91-56)28-84-34(7)72/h24-27,29-31,42,45,50-51,54-56H,11-23,28H2,1-10H3/t29-,30-,31+,42+,45+,50+,51+,54+,55-,56+/m0/s1. The zero-order chi connectivity index (χ0) is 66.2. The second-order valence-electron chi connectivity index (χ2n) is 20.9. The monoisotopic (exact) mass is 1550 g/mol. The van der Waals surface area contributed by atoms with Gasteiger partial charge in [-0.3, -0.25) is 37.9 Å². The molecule has 2 saturated heterocycles. The Kier molecular flexibility index (Phi) is 27.7. The predicted molar refractivity (Wildman–Crippen MR) is 337 cm³/mol. The molecule has 3 aromatic heterocycles. The Labute approximate surface area is 563 Å². The average Bonchev–Trinajstić information content (AvgIpc) is 1.68. The zero-order valence-corrected chi connectivity index (χ0v) is 58.7. The van der Waals surface area contributed by atoms with E-state index in [0.29, 0.717) is 63.4 Å². The Morgan fingerprint density at radius 1 is 0.505 bits per heavy atom. The van der Waals surface area contributed by atoms with E-state index < -0.39 is 72.9 Å². The van der Waals surface area contributed by atoms with Crippen LogP contribution >= 0.6 is 75.3 Å². The molecule has 500 valence electrons. The van der Waals surface area contributed by atoms with E-state index in [-0.39, 0.29) is 133 Å². The van der Waals surface area contributed by atoms with E-state index in [4.69, 9.17) is 87.4 Å². The molecule has 0 N–H and O–H groups in total. The molecule has 27 nitrogen and oxygen atoms in total. The number of esters is 4. The minimum atomic E-state index is -1.12. The molecule has 0 radical (unpaired) electrons. The summed E-state index contributed by atoms with van der Waals surface area (Å²) >= 11 is 20.6. The molecule has 91 heavy (non-hydrogen) atoms. The van der Waals surface area contributed by atoms with Crippen LogP contribution in [0.15, 0.2) is 42.4 Å². The van der Waals surface area contributed by atoms with Crippen molar-refractivity contribution in [2.75, 3.05) is 85.9 Å².